The molecule has 0 fully saturated rings. The van der Waals surface area contributed by atoms with Crippen molar-refractivity contribution in [1.29, 1.82) is 0 Å². The largest absolute Gasteiger partial charge is 0.435 e. The molecule has 1 atom stereocenters. The third kappa shape index (κ3) is 4.39. The van der Waals surface area contributed by atoms with Crippen LogP contribution in [0.3, 0.4) is 0 Å². The van der Waals surface area contributed by atoms with Crippen molar-refractivity contribution in [1.82, 2.24) is 4.98 Å². The van der Waals surface area contributed by atoms with Crippen molar-refractivity contribution in [2.75, 3.05) is 5.32 Å². The highest BCUT2D eigenvalue weighted by Crippen LogP contribution is 2.24. The van der Waals surface area contributed by atoms with Gasteiger partial charge in [0.25, 0.3) is 0 Å². The Balaban J connectivity index is 2.05. The van der Waals surface area contributed by atoms with Gasteiger partial charge in [-0.1, -0.05) is 12.1 Å². The van der Waals surface area contributed by atoms with Crippen LogP contribution in [0.25, 0.3) is 0 Å². The molecule has 0 radical (unpaired) electrons. The van der Waals surface area contributed by atoms with Gasteiger partial charge in [0.05, 0.1) is 11.9 Å². The lowest BCUT2D eigenvalue weighted by atomic mass is 10.1. The molecule has 0 aliphatic heterocycles. The molecule has 1 aromatic heterocycles. The summed E-state index contributed by atoms with van der Waals surface area (Å²) in [5, 5.41) is 3.31. The average molecular weight is 357 g/mol. The highest BCUT2D eigenvalue weighted by Gasteiger charge is 2.08. The summed E-state index contributed by atoms with van der Waals surface area (Å²) >= 11 is 3.35. The van der Waals surface area contributed by atoms with Crippen LogP contribution in [0.2, 0.25) is 0 Å². The summed E-state index contributed by atoms with van der Waals surface area (Å²) in [7, 11) is 0. The maximum Gasteiger partial charge on any atom is 0.387 e. The topological polar surface area (TPSA) is 34.1 Å². The molecule has 2 aromatic rings. The van der Waals surface area contributed by atoms with Crippen molar-refractivity contribution in [2.24, 2.45) is 0 Å². The van der Waals surface area contributed by atoms with Crippen LogP contribution in [0.15, 0.2) is 41.1 Å². The van der Waals surface area contributed by atoms with Crippen LogP contribution in [-0.2, 0) is 0 Å². The predicted molar refractivity (Wildman–Crippen MR) is 81.8 cm³/mol. The first-order valence-electron chi connectivity index (χ1n) is 6.39. The highest BCUT2D eigenvalue weighted by atomic mass is 79.9. The Hall–Kier alpha value is -1.69. The molecule has 0 aliphatic rings. The first-order chi connectivity index (χ1) is 9.95. The van der Waals surface area contributed by atoms with Gasteiger partial charge in [0.1, 0.15) is 10.4 Å². The van der Waals surface area contributed by atoms with Gasteiger partial charge >= 0.3 is 6.61 Å². The van der Waals surface area contributed by atoms with Crippen LogP contribution in [-0.4, -0.2) is 11.6 Å². The Morgan fingerprint density at radius 1 is 1.24 bits per heavy atom. The van der Waals surface area contributed by atoms with Gasteiger partial charge in [0.15, 0.2) is 0 Å². The Kier molecular flexibility index (Phi) is 5.12. The first kappa shape index (κ1) is 15.7. The van der Waals surface area contributed by atoms with E-state index in [2.05, 4.69) is 31.0 Å². The van der Waals surface area contributed by atoms with E-state index in [0.717, 1.165) is 21.4 Å². The fraction of sp³-hybridized carbons (Fsp3) is 0.267. The third-order valence-corrected chi connectivity index (χ3v) is 3.83. The zero-order chi connectivity index (χ0) is 15.4. The second-order valence-electron chi connectivity index (χ2n) is 4.65. The molecule has 2 rings (SSSR count). The molecular formula is C15H15BrF2N2O. The van der Waals surface area contributed by atoms with Gasteiger partial charge in [-0.25, -0.2) is 4.98 Å². The van der Waals surface area contributed by atoms with Crippen LogP contribution >= 0.6 is 15.9 Å². The van der Waals surface area contributed by atoms with Gasteiger partial charge in [-0.3, -0.25) is 0 Å². The molecule has 0 saturated heterocycles. The minimum absolute atomic E-state index is 0.0213. The number of ether oxygens (including phenoxy) is 1. The summed E-state index contributed by atoms with van der Waals surface area (Å²) < 4.78 is 29.3. The second kappa shape index (κ2) is 6.85. The van der Waals surface area contributed by atoms with Crippen molar-refractivity contribution >= 4 is 21.6 Å². The number of anilines is 1. The van der Waals surface area contributed by atoms with Gasteiger partial charge in [0, 0.05) is 6.04 Å². The van der Waals surface area contributed by atoms with E-state index >= 15 is 0 Å². The number of halogens is 3. The molecule has 0 amide bonds. The lowest BCUT2D eigenvalue weighted by Gasteiger charge is -2.16. The highest BCUT2D eigenvalue weighted by molar-refractivity contribution is 9.10. The molecule has 1 N–H and O–H groups in total. The molecule has 112 valence electrons. The van der Waals surface area contributed by atoms with Gasteiger partial charge in [0.2, 0.25) is 0 Å². The van der Waals surface area contributed by atoms with E-state index < -0.39 is 6.61 Å². The number of aromatic nitrogens is 1. The molecule has 0 spiro atoms. The number of rotatable bonds is 5. The zero-order valence-electron chi connectivity index (χ0n) is 11.6. The van der Waals surface area contributed by atoms with Crippen LogP contribution < -0.4 is 10.1 Å². The van der Waals surface area contributed by atoms with E-state index in [1.807, 2.05) is 19.9 Å². The molecule has 1 heterocycles. The number of hydrogen-bond donors (Lipinski definition) is 1. The number of aryl methyl sites for hydroxylation is 1. The fourth-order valence-electron chi connectivity index (χ4n) is 1.91. The van der Waals surface area contributed by atoms with Crippen LogP contribution in [0.1, 0.15) is 24.1 Å². The average Bonchev–Trinajstić information content (AvgIpc) is 2.43. The van der Waals surface area contributed by atoms with Crippen molar-refractivity contribution in [3.63, 3.8) is 0 Å². The van der Waals surface area contributed by atoms with E-state index in [9.17, 15) is 8.78 Å². The first-order valence-corrected chi connectivity index (χ1v) is 7.18. The summed E-state index contributed by atoms with van der Waals surface area (Å²) in [6, 6.07) is 8.59. The summed E-state index contributed by atoms with van der Waals surface area (Å²) in [4.78, 5) is 4.22. The van der Waals surface area contributed by atoms with Crippen LogP contribution in [0.5, 0.6) is 5.75 Å². The number of pyridine rings is 1. The predicted octanol–water partition coefficient (Wildman–Crippen LogP) is 4.93. The Morgan fingerprint density at radius 3 is 2.48 bits per heavy atom. The van der Waals surface area contributed by atoms with Gasteiger partial charge in [-0.05, 0) is 59.1 Å². The van der Waals surface area contributed by atoms with Crippen molar-refractivity contribution < 1.29 is 13.5 Å². The number of nitrogens with one attached hydrogen (secondary N) is 1. The quantitative estimate of drug-likeness (QED) is 0.771. The minimum atomic E-state index is -2.80. The van der Waals surface area contributed by atoms with Crippen LogP contribution in [0, 0.1) is 6.92 Å². The summed E-state index contributed by atoms with van der Waals surface area (Å²) in [6.07, 6.45) is 1.74. The summed E-state index contributed by atoms with van der Waals surface area (Å²) in [5.41, 5.74) is 2.90. The molecule has 21 heavy (non-hydrogen) atoms. The van der Waals surface area contributed by atoms with Gasteiger partial charge in [-0.2, -0.15) is 8.78 Å². The smallest absolute Gasteiger partial charge is 0.387 e. The molecule has 6 heteroatoms. The molecule has 1 unspecified atom stereocenters. The van der Waals surface area contributed by atoms with E-state index in [-0.39, 0.29) is 11.8 Å². The number of benzene rings is 1. The van der Waals surface area contributed by atoms with Crippen molar-refractivity contribution in [3.05, 3.63) is 52.3 Å². The molecule has 0 aliphatic carbocycles. The normalized spacial score (nSPS) is 12.3. The summed E-state index contributed by atoms with van der Waals surface area (Å²) in [6.45, 7) is 1.15. The van der Waals surface area contributed by atoms with E-state index in [1.165, 1.54) is 12.1 Å². The Labute approximate surface area is 130 Å². The maximum absolute atomic E-state index is 12.1. The lowest BCUT2D eigenvalue weighted by molar-refractivity contribution is -0.0498. The maximum atomic E-state index is 12.1. The fourth-order valence-corrected chi connectivity index (χ4v) is 2.13. The van der Waals surface area contributed by atoms with Gasteiger partial charge < -0.3 is 10.1 Å². The second-order valence-corrected chi connectivity index (χ2v) is 5.40. The molecule has 0 saturated carbocycles. The molecule has 1 aromatic carbocycles. The van der Waals surface area contributed by atoms with Crippen molar-refractivity contribution in [2.45, 2.75) is 26.5 Å². The standard InChI is InChI=1S/C15H15BrF2N2O/c1-9-7-12(8-19-14(9)16)20-10(2)11-3-5-13(6-4-11)21-15(17)18/h3-8,10,15,20H,1-2H3. The Bertz CT molecular complexity index is 605. The van der Waals surface area contributed by atoms with E-state index in [1.54, 1.807) is 18.3 Å². The number of nitrogens with zero attached hydrogens (tertiary/aromatic N) is 1. The molecular weight excluding hydrogens is 342 g/mol. The van der Waals surface area contributed by atoms with E-state index in [0.29, 0.717) is 0 Å². The lowest BCUT2D eigenvalue weighted by Crippen LogP contribution is -2.07. The van der Waals surface area contributed by atoms with Gasteiger partial charge in [-0.15, -0.1) is 0 Å². The Morgan fingerprint density at radius 2 is 1.90 bits per heavy atom. The van der Waals surface area contributed by atoms with Crippen LogP contribution in [0.4, 0.5) is 14.5 Å². The molecule has 0 bridgehead atoms. The molecule has 3 nitrogen and oxygen atoms in total. The number of hydrogen-bond acceptors (Lipinski definition) is 3. The zero-order valence-corrected chi connectivity index (χ0v) is 13.2. The SMILES string of the molecule is Cc1cc(NC(C)c2ccc(OC(F)F)cc2)cnc1Br. The summed E-state index contributed by atoms with van der Waals surface area (Å²) in [5.74, 6) is 0.155. The monoisotopic (exact) mass is 356 g/mol. The third-order valence-electron chi connectivity index (χ3n) is 3.00. The van der Waals surface area contributed by atoms with E-state index in [4.69, 9.17) is 0 Å². The number of alkyl halides is 2. The van der Waals surface area contributed by atoms with Crippen molar-refractivity contribution in [3.8, 4) is 5.75 Å². The minimum Gasteiger partial charge on any atom is -0.435 e.